The van der Waals surface area contributed by atoms with Crippen LogP contribution in [-0.2, 0) is 4.79 Å². The first-order valence-corrected chi connectivity index (χ1v) is 6.30. The Hall–Kier alpha value is -0.330. The summed E-state index contributed by atoms with van der Waals surface area (Å²) in [6.07, 6.45) is 10.2. The van der Waals surface area contributed by atoms with Crippen molar-refractivity contribution in [1.82, 2.24) is 0 Å². The summed E-state index contributed by atoms with van der Waals surface area (Å²) in [5.74, 6) is 2.42. The topological polar surface area (TPSA) is 17.1 Å². The number of Topliss-reactive ketones (excluding diaryl/α,β-unsaturated/α-hetero) is 1. The van der Waals surface area contributed by atoms with Gasteiger partial charge in [0.1, 0.15) is 5.78 Å². The third-order valence-corrected chi connectivity index (χ3v) is 4.05. The molecule has 2 fully saturated rings. The van der Waals surface area contributed by atoms with Crippen molar-refractivity contribution in [3.05, 3.63) is 0 Å². The van der Waals surface area contributed by atoms with E-state index in [2.05, 4.69) is 6.92 Å². The molecule has 1 atom stereocenters. The van der Waals surface area contributed by atoms with Gasteiger partial charge in [0.2, 0.25) is 0 Å². The van der Waals surface area contributed by atoms with Crippen LogP contribution in [-0.4, -0.2) is 5.78 Å². The van der Waals surface area contributed by atoms with Crippen molar-refractivity contribution in [2.75, 3.05) is 0 Å². The van der Waals surface area contributed by atoms with Gasteiger partial charge in [-0.15, -0.1) is 0 Å². The van der Waals surface area contributed by atoms with E-state index in [0.29, 0.717) is 11.7 Å². The largest absolute Gasteiger partial charge is 0.299 e. The lowest BCUT2D eigenvalue weighted by molar-refractivity contribution is -0.124. The lowest BCUT2D eigenvalue weighted by Crippen LogP contribution is -2.18. The molecule has 14 heavy (non-hydrogen) atoms. The van der Waals surface area contributed by atoms with Gasteiger partial charge in [0, 0.05) is 12.3 Å². The van der Waals surface area contributed by atoms with Gasteiger partial charge in [-0.05, 0) is 24.7 Å². The van der Waals surface area contributed by atoms with Gasteiger partial charge >= 0.3 is 0 Å². The quantitative estimate of drug-likeness (QED) is 0.668. The van der Waals surface area contributed by atoms with E-state index in [9.17, 15) is 4.79 Å². The van der Waals surface area contributed by atoms with E-state index >= 15 is 0 Å². The molecule has 0 saturated heterocycles. The molecule has 80 valence electrons. The molecule has 1 unspecified atom stereocenters. The number of hydrogen-bond acceptors (Lipinski definition) is 1. The Morgan fingerprint density at radius 3 is 2.36 bits per heavy atom. The Morgan fingerprint density at radius 2 is 1.79 bits per heavy atom. The standard InChI is InChI=1S/C13H22O/c1-10(12-7-8-12)13(14)9-11-5-3-2-4-6-11/h10-12H,2-9H2,1H3. The van der Waals surface area contributed by atoms with E-state index < -0.39 is 0 Å². The summed E-state index contributed by atoms with van der Waals surface area (Å²) in [6.45, 7) is 2.14. The van der Waals surface area contributed by atoms with E-state index in [4.69, 9.17) is 0 Å². The maximum Gasteiger partial charge on any atom is 0.136 e. The van der Waals surface area contributed by atoms with Crippen LogP contribution in [0.4, 0.5) is 0 Å². The van der Waals surface area contributed by atoms with Crippen LogP contribution >= 0.6 is 0 Å². The van der Waals surface area contributed by atoms with Gasteiger partial charge < -0.3 is 0 Å². The number of carbonyl (C=O) groups is 1. The third kappa shape index (κ3) is 2.59. The molecule has 1 nitrogen and oxygen atoms in total. The van der Waals surface area contributed by atoms with Gasteiger partial charge in [0.15, 0.2) is 0 Å². The van der Waals surface area contributed by atoms with Crippen LogP contribution in [0.15, 0.2) is 0 Å². The summed E-state index contributed by atoms with van der Waals surface area (Å²) in [5, 5.41) is 0. The summed E-state index contributed by atoms with van der Waals surface area (Å²) in [4.78, 5) is 11.9. The Kier molecular flexibility index (Phi) is 3.25. The number of carbonyl (C=O) groups excluding carboxylic acids is 1. The molecule has 0 aromatic heterocycles. The smallest absolute Gasteiger partial charge is 0.136 e. The summed E-state index contributed by atoms with van der Waals surface area (Å²) < 4.78 is 0. The minimum absolute atomic E-state index is 0.372. The predicted octanol–water partition coefficient (Wildman–Crippen LogP) is 3.57. The lowest BCUT2D eigenvalue weighted by atomic mass is 9.83. The van der Waals surface area contributed by atoms with Crippen molar-refractivity contribution in [1.29, 1.82) is 0 Å². The van der Waals surface area contributed by atoms with Crippen LogP contribution < -0.4 is 0 Å². The van der Waals surface area contributed by atoms with Crippen molar-refractivity contribution in [3.63, 3.8) is 0 Å². The zero-order valence-electron chi connectivity index (χ0n) is 9.30. The van der Waals surface area contributed by atoms with Gasteiger partial charge in [-0.2, -0.15) is 0 Å². The SMILES string of the molecule is CC(C(=O)CC1CCCCC1)C1CC1. The van der Waals surface area contributed by atoms with Crippen molar-refractivity contribution in [3.8, 4) is 0 Å². The van der Waals surface area contributed by atoms with Crippen molar-refractivity contribution in [2.45, 2.75) is 58.3 Å². The molecule has 1 heteroatoms. The zero-order valence-corrected chi connectivity index (χ0v) is 9.30. The van der Waals surface area contributed by atoms with Gasteiger partial charge in [-0.25, -0.2) is 0 Å². The minimum Gasteiger partial charge on any atom is -0.299 e. The normalized spacial score (nSPS) is 26.1. The maximum absolute atomic E-state index is 11.9. The molecule has 2 aliphatic carbocycles. The highest BCUT2D eigenvalue weighted by atomic mass is 16.1. The summed E-state index contributed by atoms with van der Waals surface area (Å²) >= 11 is 0. The first-order chi connectivity index (χ1) is 6.77. The van der Waals surface area contributed by atoms with Crippen LogP contribution in [0, 0.1) is 17.8 Å². The van der Waals surface area contributed by atoms with Crippen molar-refractivity contribution < 1.29 is 4.79 Å². The Labute approximate surface area is 87.3 Å². The highest BCUT2D eigenvalue weighted by Gasteiger charge is 2.33. The van der Waals surface area contributed by atoms with E-state index in [1.165, 1.54) is 44.9 Å². The highest BCUT2D eigenvalue weighted by Crippen LogP contribution is 2.38. The van der Waals surface area contributed by atoms with Crippen LogP contribution in [0.25, 0.3) is 0 Å². The third-order valence-electron chi connectivity index (χ3n) is 4.05. The number of ketones is 1. The van der Waals surface area contributed by atoms with E-state index in [0.717, 1.165) is 18.3 Å². The molecule has 0 radical (unpaired) electrons. The summed E-state index contributed by atoms with van der Waals surface area (Å²) in [5.41, 5.74) is 0. The molecule has 0 aromatic carbocycles. The summed E-state index contributed by atoms with van der Waals surface area (Å²) in [7, 11) is 0. The molecule has 0 amide bonds. The second-order valence-corrected chi connectivity index (χ2v) is 5.30. The van der Waals surface area contributed by atoms with Crippen LogP contribution in [0.5, 0.6) is 0 Å². The van der Waals surface area contributed by atoms with Gasteiger partial charge in [0.05, 0.1) is 0 Å². The highest BCUT2D eigenvalue weighted by molar-refractivity contribution is 5.81. The first kappa shape index (κ1) is 10.2. The van der Waals surface area contributed by atoms with Crippen molar-refractivity contribution in [2.24, 2.45) is 17.8 Å². The molecule has 0 heterocycles. The molecular formula is C13H22O. The molecule has 2 saturated carbocycles. The molecule has 0 spiro atoms. The zero-order chi connectivity index (χ0) is 9.97. The molecule has 0 bridgehead atoms. The molecule has 0 aliphatic heterocycles. The Balaban J connectivity index is 1.74. The van der Waals surface area contributed by atoms with Gasteiger partial charge in [-0.3, -0.25) is 4.79 Å². The second-order valence-electron chi connectivity index (χ2n) is 5.30. The average molecular weight is 194 g/mol. The number of hydrogen-bond donors (Lipinski definition) is 0. The molecule has 0 aromatic rings. The van der Waals surface area contributed by atoms with Gasteiger partial charge in [0.25, 0.3) is 0 Å². The number of rotatable bonds is 4. The van der Waals surface area contributed by atoms with Crippen LogP contribution in [0.3, 0.4) is 0 Å². The Bertz CT molecular complexity index is 199. The van der Waals surface area contributed by atoms with E-state index in [1.807, 2.05) is 0 Å². The van der Waals surface area contributed by atoms with Gasteiger partial charge in [-0.1, -0.05) is 39.0 Å². The van der Waals surface area contributed by atoms with Crippen molar-refractivity contribution >= 4 is 5.78 Å². The van der Waals surface area contributed by atoms with E-state index in [-0.39, 0.29) is 0 Å². The van der Waals surface area contributed by atoms with E-state index in [1.54, 1.807) is 0 Å². The predicted molar refractivity (Wildman–Crippen MR) is 58.1 cm³/mol. The molecular weight excluding hydrogens is 172 g/mol. The van der Waals surface area contributed by atoms with Crippen LogP contribution in [0.1, 0.15) is 58.3 Å². The maximum atomic E-state index is 11.9. The fraction of sp³-hybridized carbons (Fsp3) is 0.923. The summed E-state index contributed by atoms with van der Waals surface area (Å²) in [6, 6.07) is 0. The minimum atomic E-state index is 0.372. The fourth-order valence-electron chi connectivity index (χ4n) is 2.72. The second kappa shape index (κ2) is 4.46. The fourth-order valence-corrected chi connectivity index (χ4v) is 2.72. The molecule has 2 rings (SSSR count). The monoisotopic (exact) mass is 194 g/mol. The first-order valence-electron chi connectivity index (χ1n) is 6.30. The lowest BCUT2D eigenvalue weighted by Gasteiger charge is -2.22. The molecule has 0 N–H and O–H groups in total. The van der Waals surface area contributed by atoms with Crippen LogP contribution in [0.2, 0.25) is 0 Å². The molecule has 2 aliphatic rings. The average Bonchev–Trinajstić information content (AvgIpc) is 3.01. The Morgan fingerprint density at radius 1 is 1.14 bits per heavy atom.